The first kappa shape index (κ1) is 18.2. The molecule has 0 saturated carbocycles. The summed E-state index contributed by atoms with van der Waals surface area (Å²) in [5, 5.41) is 1.44. The molecule has 0 amide bonds. The molecular weight excluding hydrogens is 407 g/mol. The van der Waals surface area contributed by atoms with Gasteiger partial charge in [-0.2, -0.15) is 0 Å². The molecule has 4 aromatic rings. The highest BCUT2D eigenvalue weighted by Gasteiger charge is 2.26. The highest BCUT2D eigenvalue weighted by molar-refractivity contribution is 6.49. The summed E-state index contributed by atoms with van der Waals surface area (Å²) < 4.78 is 10.1. The molecule has 0 aliphatic carbocycles. The second kappa shape index (κ2) is 6.74. The molecule has 2 aromatic heterocycles. The van der Waals surface area contributed by atoms with Crippen LogP contribution < -0.4 is 11.3 Å². The Morgan fingerprint density at radius 1 is 0.643 bits per heavy atom. The van der Waals surface area contributed by atoms with Gasteiger partial charge in [-0.1, -0.05) is 23.2 Å². The van der Waals surface area contributed by atoms with Crippen LogP contribution >= 0.6 is 23.2 Å². The first-order valence-corrected chi connectivity index (χ1v) is 8.65. The molecule has 6 nitrogen and oxygen atoms in total. The van der Waals surface area contributed by atoms with Crippen molar-refractivity contribution in [2.24, 2.45) is 0 Å². The van der Waals surface area contributed by atoms with Crippen LogP contribution in [0, 0.1) is 0 Å². The fourth-order valence-corrected chi connectivity index (χ4v) is 3.11. The Labute approximate surface area is 165 Å². The van der Waals surface area contributed by atoms with Gasteiger partial charge in [-0.3, -0.25) is 9.59 Å². The van der Waals surface area contributed by atoms with Gasteiger partial charge in [0.05, 0.1) is 0 Å². The standard InChI is InChI=1S/C20H8Cl2O6/c21-11-1-3-15-9(5-11)7-13(19(25)27-15)17(23)18(24)14-8-10-6-12(22)2-4-16(10)28-20(14)26/h1-8H. The molecular formula is C20H8Cl2O6. The Bertz CT molecular complexity index is 1300. The lowest BCUT2D eigenvalue weighted by molar-refractivity contribution is 0.0812. The number of fused-ring (bicyclic) bond motifs is 2. The van der Waals surface area contributed by atoms with Gasteiger partial charge < -0.3 is 8.83 Å². The normalized spacial score (nSPS) is 11.1. The molecule has 0 fully saturated rings. The summed E-state index contributed by atoms with van der Waals surface area (Å²) in [6.45, 7) is 0. The Balaban J connectivity index is 1.83. The summed E-state index contributed by atoms with van der Waals surface area (Å²) in [7, 11) is 0. The maximum atomic E-state index is 12.6. The van der Waals surface area contributed by atoms with E-state index in [-0.39, 0.29) is 11.2 Å². The molecule has 0 unspecified atom stereocenters. The minimum atomic E-state index is -1.19. The molecule has 0 atom stereocenters. The minimum absolute atomic E-state index is 0.207. The lowest BCUT2D eigenvalue weighted by Crippen LogP contribution is -2.26. The van der Waals surface area contributed by atoms with Crippen molar-refractivity contribution in [3.63, 3.8) is 0 Å². The number of benzene rings is 2. The van der Waals surface area contributed by atoms with E-state index in [9.17, 15) is 19.2 Å². The predicted molar refractivity (Wildman–Crippen MR) is 104 cm³/mol. The number of hydrogen-bond donors (Lipinski definition) is 0. The van der Waals surface area contributed by atoms with Crippen LogP contribution in [-0.4, -0.2) is 11.6 Å². The van der Waals surface area contributed by atoms with E-state index in [4.69, 9.17) is 32.0 Å². The second-order valence-corrected chi connectivity index (χ2v) is 6.79. The van der Waals surface area contributed by atoms with Crippen LogP contribution in [-0.2, 0) is 0 Å². The van der Waals surface area contributed by atoms with Crippen LogP contribution in [0.4, 0.5) is 0 Å². The monoisotopic (exact) mass is 414 g/mol. The Morgan fingerprint density at radius 3 is 1.43 bits per heavy atom. The van der Waals surface area contributed by atoms with Crippen LogP contribution in [0.25, 0.3) is 21.9 Å². The molecule has 0 spiro atoms. The fraction of sp³-hybridized carbons (Fsp3) is 0. The molecule has 28 heavy (non-hydrogen) atoms. The lowest BCUT2D eigenvalue weighted by atomic mass is 10.0. The van der Waals surface area contributed by atoms with Crippen LogP contribution in [0.5, 0.6) is 0 Å². The number of Topliss-reactive ketones (excluding diaryl/α,β-unsaturated/α-hetero) is 2. The third kappa shape index (κ3) is 3.13. The van der Waals surface area contributed by atoms with Gasteiger partial charge in [0, 0.05) is 20.8 Å². The smallest absolute Gasteiger partial charge is 0.347 e. The number of hydrogen-bond acceptors (Lipinski definition) is 6. The molecule has 0 aliphatic rings. The molecule has 0 aliphatic heterocycles. The lowest BCUT2D eigenvalue weighted by Gasteiger charge is -2.03. The van der Waals surface area contributed by atoms with E-state index in [0.717, 1.165) is 0 Å². The SMILES string of the molecule is O=C(C(=O)c1cc2cc(Cl)ccc2oc1=O)c1cc2cc(Cl)ccc2oc1=O. The third-order valence-corrected chi connectivity index (χ3v) is 4.55. The molecule has 8 heteroatoms. The highest BCUT2D eigenvalue weighted by Crippen LogP contribution is 2.21. The van der Waals surface area contributed by atoms with Gasteiger partial charge in [0.15, 0.2) is 0 Å². The Hall–Kier alpha value is -3.22. The summed E-state index contributed by atoms with van der Waals surface area (Å²) in [6.07, 6.45) is 0. The Kier molecular flexibility index (Phi) is 4.37. The van der Waals surface area contributed by atoms with Crippen molar-refractivity contribution in [2.75, 3.05) is 0 Å². The summed E-state index contributed by atoms with van der Waals surface area (Å²) in [4.78, 5) is 49.5. The van der Waals surface area contributed by atoms with E-state index in [0.29, 0.717) is 20.8 Å². The van der Waals surface area contributed by atoms with E-state index in [2.05, 4.69) is 0 Å². The molecule has 0 N–H and O–H groups in total. The fourth-order valence-electron chi connectivity index (χ4n) is 2.75. The topological polar surface area (TPSA) is 94.6 Å². The van der Waals surface area contributed by atoms with Gasteiger partial charge in [0.2, 0.25) is 11.6 Å². The second-order valence-electron chi connectivity index (χ2n) is 5.92. The number of carbonyl (C=O) groups excluding carboxylic acids is 2. The van der Waals surface area contributed by atoms with Crippen LogP contribution in [0.2, 0.25) is 10.0 Å². The average Bonchev–Trinajstić information content (AvgIpc) is 2.66. The van der Waals surface area contributed by atoms with Crippen LogP contribution in [0.3, 0.4) is 0 Å². The summed E-state index contributed by atoms with van der Waals surface area (Å²) in [5.41, 5.74) is -2.60. The molecule has 0 saturated heterocycles. The molecule has 2 heterocycles. The van der Waals surface area contributed by atoms with E-state index in [1.807, 2.05) is 0 Å². The van der Waals surface area contributed by atoms with Crippen molar-refractivity contribution >= 4 is 56.7 Å². The molecule has 0 bridgehead atoms. The van der Waals surface area contributed by atoms with Crippen molar-refractivity contribution in [3.8, 4) is 0 Å². The molecule has 2 aromatic carbocycles. The number of halogens is 2. The number of carbonyl (C=O) groups is 2. The van der Waals surface area contributed by atoms with Gasteiger partial charge in [0.1, 0.15) is 22.3 Å². The van der Waals surface area contributed by atoms with Crippen molar-refractivity contribution in [3.05, 3.63) is 90.5 Å². The first-order chi connectivity index (χ1) is 13.3. The maximum absolute atomic E-state index is 12.6. The summed E-state index contributed by atoms with van der Waals surface area (Å²) in [5.74, 6) is -2.38. The van der Waals surface area contributed by atoms with Crippen LogP contribution in [0.15, 0.2) is 67.0 Å². The van der Waals surface area contributed by atoms with Gasteiger partial charge in [-0.15, -0.1) is 0 Å². The first-order valence-electron chi connectivity index (χ1n) is 7.89. The summed E-state index contributed by atoms with van der Waals surface area (Å²) in [6, 6.07) is 11.3. The Morgan fingerprint density at radius 2 is 1.04 bits per heavy atom. The van der Waals surface area contributed by atoms with E-state index in [1.54, 1.807) is 0 Å². The predicted octanol–water partition coefficient (Wildman–Crippen LogP) is 4.27. The van der Waals surface area contributed by atoms with Gasteiger partial charge >= 0.3 is 11.3 Å². The minimum Gasteiger partial charge on any atom is -0.422 e. The third-order valence-electron chi connectivity index (χ3n) is 4.08. The number of ketones is 2. The largest absolute Gasteiger partial charge is 0.422 e. The van der Waals surface area contributed by atoms with Crippen molar-refractivity contribution in [1.82, 2.24) is 0 Å². The maximum Gasteiger partial charge on any atom is 0.347 e. The van der Waals surface area contributed by atoms with E-state index in [1.165, 1.54) is 48.5 Å². The number of rotatable bonds is 3. The average molecular weight is 415 g/mol. The summed E-state index contributed by atoms with van der Waals surface area (Å²) >= 11 is 11.8. The highest BCUT2D eigenvalue weighted by atomic mass is 35.5. The molecule has 0 radical (unpaired) electrons. The van der Waals surface area contributed by atoms with Gasteiger partial charge in [-0.25, -0.2) is 9.59 Å². The zero-order valence-corrected chi connectivity index (χ0v) is 15.3. The van der Waals surface area contributed by atoms with Crippen molar-refractivity contribution in [1.29, 1.82) is 0 Å². The zero-order chi connectivity index (χ0) is 20.0. The van der Waals surface area contributed by atoms with Gasteiger partial charge in [0.25, 0.3) is 0 Å². The molecule has 4 rings (SSSR count). The van der Waals surface area contributed by atoms with Crippen molar-refractivity contribution in [2.45, 2.75) is 0 Å². The quantitative estimate of drug-likeness (QED) is 0.282. The molecule has 138 valence electrons. The van der Waals surface area contributed by atoms with E-state index < -0.39 is 33.9 Å². The zero-order valence-electron chi connectivity index (χ0n) is 13.8. The van der Waals surface area contributed by atoms with Crippen LogP contribution in [0.1, 0.15) is 20.7 Å². The van der Waals surface area contributed by atoms with Crippen molar-refractivity contribution < 1.29 is 18.4 Å². The van der Waals surface area contributed by atoms with Gasteiger partial charge in [-0.05, 0) is 48.5 Å². The van der Waals surface area contributed by atoms with E-state index >= 15 is 0 Å².